The molecule has 0 saturated heterocycles. The van der Waals surface area contributed by atoms with Crippen LogP contribution in [0.4, 0.5) is 26.3 Å². The Morgan fingerprint density at radius 2 is 1.34 bits per heavy atom. The second kappa shape index (κ2) is 8.35. The van der Waals surface area contributed by atoms with E-state index in [9.17, 15) is 31.1 Å². The van der Waals surface area contributed by atoms with Gasteiger partial charge in [0, 0.05) is 5.92 Å². The summed E-state index contributed by atoms with van der Waals surface area (Å²) < 4.78 is 94.2. The highest BCUT2D eigenvalue weighted by molar-refractivity contribution is 5.72. The minimum absolute atomic E-state index is 0.203. The van der Waals surface area contributed by atoms with E-state index in [1.807, 2.05) is 0 Å². The van der Waals surface area contributed by atoms with E-state index in [1.165, 1.54) is 6.92 Å². The zero-order chi connectivity index (χ0) is 23.4. The number of ether oxygens (including phenoxy) is 2. The van der Waals surface area contributed by atoms with Crippen LogP contribution in [0.25, 0.3) is 0 Å². The van der Waals surface area contributed by atoms with Gasteiger partial charge in [-0.15, -0.1) is 0 Å². The Morgan fingerprint density at radius 3 is 1.78 bits per heavy atom. The minimum Gasteiger partial charge on any atom is -0.459 e. The number of rotatable bonds is 6. The van der Waals surface area contributed by atoms with Crippen molar-refractivity contribution in [3.8, 4) is 0 Å². The lowest BCUT2D eigenvalue weighted by Crippen LogP contribution is -2.64. The summed E-state index contributed by atoms with van der Waals surface area (Å²) in [4.78, 5) is 12.8. The Balaban J connectivity index is 1.46. The zero-order valence-electron chi connectivity index (χ0n) is 18.4. The number of carbonyl (C=O) groups is 1. The van der Waals surface area contributed by atoms with E-state index < -0.39 is 48.0 Å². The van der Waals surface area contributed by atoms with Gasteiger partial charge in [-0.3, -0.25) is 4.79 Å². The number of halogens is 6. The summed E-state index contributed by atoms with van der Waals surface area (Å²) in [5.41, 5.74) is -4.86. The molecule has 1 atom stereocenters. The predicted molar refractivity (Wildman–Crippen MR) is 104 cm³/mol. The molecule has 5 aliphatic carbocycles. The third-order valence-electron chi connectivity index (χ3n) is 8.28. The molecule has 9 heteroatoms. The minimum atomic E-state index is -5.63. The fourth-order valence-electron chi connectivity index (χ4n) is 7.21. The molecule has 5 fully saturated rings. The van der Waals surface area contributed by atoms with Gasteiger partial charge in [-0.1, -0.05) is 19.3 Å². The van der Waals surface area contributed by atoms with Crippen LogP contribution >= 0.6 is 0 Å². The molecule has 0 radical (unpaired) electrons. The molecule has 0 aromatic rings. The monoisotopic (exact) mass is 470 g/mol. The van der Waals surface area contributed by atoms with Crippen LogP contribution in [0.2, 0.25) is 0 Å². The molecule has 1 unspecified atom stereocenters. The van der Waals surface area contributed by atoms with Crippen molar-refractivity contribution in [1.82, 2.24) is 0 Å². The van der Waals surface area contributed by atoms with E-state index >= 15 is 0 Å². The van der Waals surface area contributed by atoms with Crippen molar-refractivity contribution in [2.75, 3.05) is 6.61 Å². The summed E-state index contributed by atoms with van der Waals surface area (Å²) in [6.07, 6.45) is -4.86. The van der Waals surface area contributed by atoms with Crippen molar-refractivity contribution in [1.29, 1.82) is 0 Å². The molecule has 32 heavy (non-hydrogen) atoms. The van der Waals surface area contributed by atoms with E-state index in [-0.39, 0.29) is 12.8 Å². The number of esters is 1. The molecule has 0 aromatic heterocycles. The van der Waals surface area contributed by atoms with Gasteiger partial charge in [0.05, 0.1) is 12.5 Å². The number of alkyl halides is 6. The highest BCUT2D eigenvalue weighted by Gasteiger charge is 2.75. The van der Waals surface area contributed by atoms with Crippen LogP contribution in [0, 0.1) is 29.6 Å². The predicted octanol–water partition coefficient (Wildman–Crippen LogP) is 6.59. The normalized spacial score (nSPS) is 34.5. The van der Waals surface area contributed by atoms with Crippen molar-refractivity contribution in [2.45, 2.75) is 101 Å². The van der Waals surface area contributed by atoms with Gasteiger partial charge >= 0.3 is 18.3 Å². The van der Waals surface area contributed by atoms with Gasteiger partial charge in [-0.05, 0) is 76.0 Å². The Bertz CT molecular complexity index is 646. The maximum atomic E-state index is 13.9. The first kappa shape index (κ1) is 24.1. The summed E-state index contributed by atoms with van der Waals surface area (Å²) in [6.45, 7) is 0.321. The summed E-state index contributed by atoms with van der Waals surface area (Å²) >= 11 is 0. The van der Waals surface area contributed by atoms with Crippen molar-refractivity contribution in [2.24, 2.45) is 29.6 Å². The van der Waals surface area contributed by atoms with Gasteiger partial charge in [0.25, 0.3) is 5.60 Å². The van der Waals surface area contributed by atoms with Crippen LogP contribution in [0.1, 0.15) is 77.6 Å². The molecule has 3 nitrogen and oxygen atoms in total. The van der Waals surface area contributed by atoms with Crippen LogP contribution < -0.4 is 0 Å². The molecule has 5 saturated carbocycles. The average Bonchev–Trinajstić information content (AvgIpc) is 2.65. The third-order valence-corrected chi connectivity index (χ3v) is 8.28. The van der Waals surface area contributed by atoms with Gasteiger partial charge in [-0.25, -0.2) is 0 Å². The summed E-state index contributed by atoms with van der Waals surface area (Å²) in [5, 5.41) is 0. The molecule has 5 rings (SSSR count). The van der Waals surface area contributed by atoms with Crippen molar-refractivity contribution < 1.29 is 40.6 Å². The maximum Gasteiger partial charge on any atom is 0.426 e. The smallest absolute Gasteiger partial charge is 0.426 e. The highest BCUT2D eigenvalue weighted by Crippen LogP contribution is 2.57. The number of hydrogen-bond acceptors (Lipinski definition) is 3. The van der Waals surface area contributed by atoms with Crippen LogP contribution in [0.15, 0.2) is 0 Å². The van der Waals surface area contributed by atoms with Crippen LogP contribution in [0.5, 0.6) is 0 Å². The van der Waals surface area contributed by atoms with Crippen molar-refractivity contribution >= 4 is 5.97 Å². The second-order valence-electron chi connectivity index (χ2n) is 10.8. The van der Waals surface area contributed by atoms with Gasteiger partial charge in [0.2, 0.25) is 0 Å². The van der Waals surface area contributed by atoms with E-state index in [2.05, 4.69) is 0 Å². The fraction of sp³-hybridized carbons (Fsp3) is 0.957. The number of carbonyl (C=O) groups excluding carboxylic acids is 1. The molecule has 0 aliphatic heterocycles. The third kappa shape index (κ3) is 4.27. The zero-order valence-corrected chi connectivity index (χ0v) is 18.4. The number of hydrogen-bond donors (Lipinski definition) is 0. The lowest BCUT2D eigenvalue weighted by Gasteiger charge is -2.55. The molecular formula is C23H32F6O3. The van der Waals surface area contributed by atoms with Gasteiger partial charge in [0.1, 0.15) is 5.60 Å². The highest BCUT2D eigenvalue weighted by atomic mass is 19.4. The van der Waals surface area contributed by atoms with E-state index in [0.29, 0.717) is 37.0 Å². The topological polar surface area (TPSA) is 35.5 Å². The lowest BCUT2D eigenvalue weighted by atomic mass is 9.54. The quantitative estimate of drug-likeness (QED) is 0.324. The fourth-order valence-corrected chi connectivity index (χ4v) is 7.21. The first-order valence-electron chi connectivity index (χ1n) is 11.9. The SMILES string of the molecule is CC(COC(C1CCCCC1)(C(F)(F)F)C(F)(F)F)C(=O)OC12CC3CC(CC(C3)C1)C2. The van der Waals surface area contributed by atoms with Gasteiger partial charge < -0.3 is 9.47 Å². The summed E-state index contributed by atoms with van der Waals surface area (Å²) in [5.74, 6) is -2.19. The van der Waals surface area contributed by atoms with E-state index in [0.717, 1.165) is 38.5 Å². The molecule has 0 N–H and O–H groups in total. The summed E-state index contributed by atoms with van der Waals surface area (Å²) in [7, 11) is 0. The maximum absolute atomic E-state index is 13.9. The molecule has 0 aromatic carbocycles. The lowest BCUT2D eigenvalue weighted by molar-refractivity contribution is -0.401. The van der Waals surface area contributed by atoms with Gasteiger partial charge in [0.15, 0.2) is 0 Å². The molecule has 0 heterocycles. The molecule has 5 aliphatic rings. The van der Waals surface area contributed by atoms with Crippen LogP contribution in [0.3, 0.4) is 0 Å². The summed E-state index contributed by atoms with van der Waals surface area (Å²) in [6, 6.07) is 0. The van der Waals surface area contributed by atoms with Crippen LogP contribution in [-0.2, 0) is 14.3 Å². The van der Waals surface area contributed by atoms with Gasteiger partial charge in [-0.2, -0.15) is 26.3 Å². The standard InChI is InChI=1S/C23H32F6O3/c1-14(19(30)32-20-10-15-7-16(11-20)9-17(8-15)12-20)13-31-21(22(24,25)26,23(27,28)29)18-5-3-2-4-6-18/h14-18H,2-13H2,1H3. The molecule has 0 spiro atoms. The Labute approximate surface area is 184 Å². The first-order chi connectivity index (χ1) is 14.9. The molecule has 0 amide bonds. The van der Waals surface area contributed by atoms with E-state index in [4.69, 9.17) is 9.47 Å². The largest absolute Gasteiger partial charge is 0.459 e. The molecule has 4 bridgehead atoms. The van der Waals surface area contributed by atoms with Crippen molar-refractivity contribution in [3.05, 3.63) is 0 Å². The van der Waals surface area contributed by atoms with Crippen LogP contribution in [-0.4, -0.2) is 36.1 Å². The Morgan fingerprint density at radius 1 is 0.875 bits per heavy atom. The Hall–Kier alpha value is -0.990. The second-order valence-corrected chi connectivity index (χ2v) is 10.8. The van der Waals surface area contributed by atoms with Crippen molar-refractivity contribution in [3.63, 3.8) is 0 Å². The molecule has 184 valence electrons. The first-order valence-corrected chi connectivity index (χ1v) is 11.9. The molecular weight excluding hydrogens is 438 g/mol. The Kier molecular flexibility index (Phi) is 6.30. The van der Waals surface area contributed by atoms with E-state index in [1.54, 1.807) is 0 Å². The average molecular weight is 470 g/mol.